The molecule has 0 aliphatic heterocycles. The highest BCUT2D eigenvalue weighted by Gasteiger charge is 2.06. The molecule has 0 saturated carbocycles. The molecule has 0 amide bonds. The van der Waals surface area contributed by atoms with Gasteiger partial charge in [0.05, 0.1) is 5.75 Å². The molecule has 0 radical (unpaired) electrons. The Balaban J connectivity index is 3.72. The Labute approximate surface area is 81.0 Å². The monoisotopic (exact) mass is 208 g/mol. The van der Waals surface area contributed by atoms with Gasteiger partial charge in [-0.15, -0.1) is 0 Å². The summed E-state index contributed by atoms with van der Waals surface area (Å²) < 4.78 is 21.7. The lowest BCUT2D eigenvalue weighted by Gasteiger charge is -2.18. The number of nitrogens with two attached hydrogens (primary N) is 1. The largest absolute Gasteiger partial charge is 0.330 e. The summed E-state index contributed by atoms with van der Waals surface area (Å²) in [4.78, 5) is 2.11. The Morgan fingerprint density at radius 2 is 1.92 bits per heavy atom. The van der Waals surface area contributed by atoms with E-state index in [1.54, 1.807) is 0 Å². The summed E-state index contributed by atoms with van der Waals surface area (Å²) in [5.74, 6) is 0.241. The molecule has 0 spiro atoms. The van der Waals surface area contributed by atoms with E-state index < -0.39 is 9.84 Å². The molecule has 0 aromatic rings. The highest BCUT2D eigenvalue weighted by Crippen LogP contribution is 1.92. The first kappa shape index (κ1) is 12.9. The zero-order valence-electron chi connectivity index (χ0n) is 8.49. The third-order valence-corrected chi connectivity index (χ3v) is 2.83. The van der Waals surface area contributed by atoms with Gasteiger partial charge in [0.1, 0.15) is 9.84 Å². The van der Waals surface area contributed by atoms with Crippen LogP contribution in [0, 0.1) is 0 Å². The van der Waals surface area contributed by atoms with Crippen molar-refractivity contribution in [2.24, 2.45) is 5.73 Å². The summed E-state index contributed by atoms with van der Waals surface area (Å²) in [5, 5.41) is 0. The second-order valence-electron chi connectivity index (χ2n) is 3.21. The van der Waals surface area contributed by atoms with E-state index in [1.165, 1.54) is 6.26 Å². The van der Waals surface area contributed by atoms with Crippen LogP contribution in [0.15, 0.2) is 0 Å². The number of hydrogen-bond acceptors (Lipinski definition) is 4. The van der Waals surface area contributed by atoms with Crippen LogP contribution < -0.4 is 5.73 Å². The first-order chi connectivity index (χ1) is 5.99. The fourth-order valence-electron chi connectivity index (χ4n) is 1.04. The van der Waals surface area contributed by atoms with Crippen molar-refractivity contribution in [3.8, 4) is 0 Å². The molecule has 13 heavy (non-hydrogen) atoms. The van der Waals surface area contributed by atoms with Crippen LogP contribution in [0.5, 0.6) is 0 Å². The van der Waals surface area contributed by atoms with E-state index in [1.807, 2.05) is 6.92 Å². The summed E-state index contributed by atoms with van der Waals surface area (Å²) in [6.07, 6.45) is 2.20. The Morgan fingerprint density at radius 3 is 2.31 bits per heavy atom. The van der Waals surface area contributed by atoms with Gasteiger partial charge in [0.25, 0.3) is 0 Å². The molecular weight excluding hydrogens is 188 g/mol. The number of nitrogens with zero attached hydrogens (tertiary/aromatic N) is 1. The number of rotatable bonds is 7. The van der Waals surface area contributed by atoms with E-state index in [2.05, 4.69) is 4.90 Å². The fraction of sp³-hybridized carbons (Fsp3) is 1.00. The van der Waals surface area contributed by atoms with Crippen molar-refractivity contribution in [3.63, 3.8) is 0 Å². The maximum absolute atomic E-state index is 10.9. The van der Waals surface area contributed by atoms with Crippen molar-refractivity contribution in [1.82, 2.24) is 4.90 Å². The fourth-order valence-corrected chi connectivity index (χ4v) is 1.63. The maximum Gasteiger partial charge on any atom is 0.148 e. The predicted octanol–water partition coefficient (Wildman–Crippen LogP) is -0.298. The smallest absolute Gasteiger partial charge is 0.148 e. The molecule has 0 aliphatic rings. The average Bonchev–Trinajstić information content (AvgIpc) is 2.03. The van der Waals surface area contributed by atoms with Crippen LogP contribution in [0.4, 0.5) is 0 Å². The zero-order valence-corrected chi connectivity index (χ0v) is 9.31. The lowest BCUT2D eigenvalue weighted by Crippen LogP contribution is -2.30. The molecule has 0 aliphatic carbocycles. The molecule has 2 N–H and O–H groups in total. The number of sulfone groups is 1. The van der Waals surface area contributed by atoms with Crippen molar-refractivity contribution >= 4 is 9.84 Å². The predicted molar refractivity (Wildman–Crippen MR) is 55.5 cm³/mol. The topological polar surface area (TPSA) is 63.4 Å². The van der Waals surface area contributed by atoms with E-state index in [9.17, 15) is 8.42 Å². The van der Waals surface area contributed by atoms with Crippen molar-refractivity contribution < 1.29 is 8.42 Å². The summed E-state index contributed by atoms with van der Waals surface area (Å²) in [5.41, 5.74) is 5.37. The van der Waals surface area contributed by atoms with Crippen LogP contribution in [0.25, 0.3) is 0 Å². The van der Waals surface area contributed by atoms with Crippen LogP contribution in [0.3, 0.4) is 0 Å². The molecule has 0 rings (SSSR count). The van der Waals surface area contributed by atoms with E-state index in [4.69, 9.17) is 5.73 Å². The standard InChI is InChI=1S/C8H20N2O2S/c1-3-10(6-4-5-9)7-8-13(2,11)12/h3-9H2,1-2H3. The summed E-state index contributed by atoms with van der Waals surface area (Å²) in [7, 11) is -2.83. The van der Waals surface area contributed by atoms with Crippen molar-refractivity contribution in [1.29, 1.82) is 0 Å². The highest BCUT2D eigenvalue weighted by atomic mass is 32.2. The van der Waals surface area contributed by atoms with E-state index >= 15 is 0 Å². The molecule has 0 bridgehead atoms. The minimum atomic E-state index is -2.83. The van der Waals surface area contributed by atoms with Gasteiger partial charge in [-0.05, 0) is 26.1 Å². The number of hydrogen-bond donors (Lipinski definition) is 1. The van der Waals surface area contributed by atoms with Gasteiger partial charge < -0.3 is 10.6 Å². The van der Waals surface area contributed by atoms with Crippen LogP contribution in [0.1, 0.15) is 13.3 Å². The molecule has 0 unspecified atom stereocenters. The second kappa shape index (κ2) is 6.34. The molecular formula is C8H20N2O2S. The van der Waals surface area contributed by atoms with Crippen molar-refractivity contribution in [3.05, 3.63) is 0 Å². The first-order valence-corrected chi connectivity index (χ1v) is 6.65. The zero-order chi connectivity index (χ0) is 10.3. The van der Waals surface area contributed by atoms with E-state index in [0.717, 1.165) is 19.5 Å². The summed E-state index contributed by atoms with van der Waals surface area (Å²) in [6, 6.07) is 0. The molecule has 0 saturated heterocycles. The molecule has 0 aromatic heterocycles. The molecule has 0 aromatic carbocycles. The van der Waals surface area contributed by atoms with Crippen LogP contribution >= 0.6 is 0 Å². The lowest BCUT2D eigenvalue weighted by atomic mass is 10.4. The van der Waals surface area contributed by atoms with Crippen LogP contribution in [-0.4, -0.2) is 51.5 Å². The van der Waals surface area contributed by atoms with Crippen LogP contribution in [-0.2, 0) is 9.84 Å². The minimum absolute atomic E-state index is 0.241. The van der Waals surface area contributed by atoms with Gasteiger partial charge in [-0.3, -0.25) is 0 Å². The van der Waals surface area contributed by atoms with Gasteiger partial charge in [-0.25, -0.2) is 8.42 Å². The Hall–Kier alpha value is -0.130. The lowest BCUT2D eigenvalue weighted by molar-refractivity contribution is 0.302. The minimum Gasteiger partial charge on any atom is -0.330 e. The first-order valence-electron chi connectivity index (χ1n) is 4.59. The Bertz CT molecular complexity index is 214. The normalized spacial score (nSPS) is 12.3. The second-order valence-corrected chi connectivity index (χ2v) is 5.47. The van der Waals surface area contributed by atoms with E-state index in [-0.39, 0.29) is 5.75 Å². The summed E-state index contributed by atoms with van der Waals surface area (Å²) in [6.45, 7) is 5.08. The average molecular weight is 208 g/mol. The SMILES string of the molecule is CCN(CCCN)CCS(C)(=O)=O. The van der Waals surface area contributed by atoms with Crippen LogP contribution in [0.2, 0.25) is 0 Å². The van der Waals surface area contributed by atoms with Gasteiger partial charge in [0.15, 0.2) is 0 Å². The summed E-state index contributed by atoms with van der Waals surface area (Å²) >= 11 is 0. The van der Waals surface area contributed by atoms with E-state index in [0.29, 0.717) is 13.1 Å². The molecule has 0 fully saturated rings. The Morgan fingerprint density at radius 1 is 1.31 bits per heavy atom. The Kier molecular flexibility index (Phi) is 6.28. The molecule has 0 atom stereocenters. The third kappa shape index (κ3) is 8.21. The van der Waals surface area contributed by atoms with Gasteiger partial charge >= 0.3 is 0 Å². The van der Waals surface area contributed by atoms with Gasteiger partial charge in [0.2, 0.25) is 0 Å². The molecule has 0 heterocycles. The quantitative estimate of drug-likeness (QED) is 0.624. The van der Waals surface area contributed by atoms with Crippen molar-refractivity contribution in [2.45, 2.75) is 13.3 Å². The van der Waals surface area contributed by atoms with Crippen molar-refractivity contribution in [2.75, 3.05) is 38.2 Å². The molecule has 80 valence electrons. The third-order valence-electron chi connectivity index (χ3n) is 1.90. The molecule has 5 heteroatoms. The highest BCUT2D eigenvalue weighted by molar-refractivity contribution is 7.90. The maximum atomic E-state index is 10.9. The van der Waals surface area contributed by atoms with Gasteiger partial charge in [-0.1, -0.05) is 6.92 Å². The van der Waals surface area contributed by atoms with Gasteiger partial charge in [0, 0.05) is 12.8 Å². The van der Waals surface area contributed by atoms with Gasteiger partial charge in [-0.2, -0.15) is 0 Å². The molecule has 4 nitrogen and oxygen atoms in total.